The molecule has 2 aromatic rings. The average Bonchev–Trinajstić information content (AvgIpc) is 2.82. The molecule has 0 aliphatic rings. The highest BCUT2D eigenvalue weighted by molar-refractivity contribution is 6.99. The highest BCUT2D eigenvalue weighted by atomic mass is 32.1. The summed E-state index contributed by atoms with van der Waals surface area (Å²) in [4.78, 5) is 0. The number of rotatable bonds is 3. The lowest BCUT2D eigenvalue weighted by atomic mass is 10.0. The van der Waals surface area contributed by atoms with Crippen molar-refractivity contribution in [1.82, 2.24) is 14.2 Å². The maximum atomic E-state index is 13.5. The van der Waals surface area contributed by atoms with Crippen molar-refractivity contribution in [2.45, 2.75) is 12.2 Å². The number of hydrogen-bond acceptors (Lipinski definition) is 5. The van der Waals surface area contributed by atoms with Gasteiger partial charge in [-0.15, -0.1) is 0 Å². The SMILES string of the molecule is NNC(c1ccc(C(F)(F)F)c(F)c1)c1cnsn1. The summed E-state index contributed by atoms with van der Waals surface area (Å²) in [6.07, 6.45) is -3.32. The van der Waals surface area contributed by atoms with Crippen molar-refractivity contribution in [3.05, 3.63) is 47.0 Å². The van der Waals surface area contributed by atoms with Crippen molar-refractivity contribution >= 4 is 11.7 Å². The van der Waals surface area contributed by atoms with Gasteiger partial charge in [0.2, 0.25) is 0 Å². The Balaban J connectivity index is 2.39. The van der Waals surface area contributed by atoms with Gasteiger partial charge in [0.25, 0.3) is 0 Å². The maximum Gasteiger partial charge on any atom is 0.419 e. The molecule has 1 aromatic heterocycles. The first-order chi connectivity index (χ1) is 8.93. The standard InChI is InChI=1S/C10H8F4N4S/c11-7-3-5(1-2-6(7)10(12,13)14)9(17-15)8-4-16-19-18-8/h1-4,9,17H,15H2. The zero-order valence-corrected chi connectivity index (χ0v) is 10.1. The Bertz CT molecular complexity index is 555. The highest BCUT2D eigenvalue weighted by Crippen LogP contribution is 2.33. The molecule has 19 heavy (non-hydrogen) atoms. The van der Waals surface area contributed by atoms with Gasteiger partial charge < -0.3 is 0 Å². The minimum absolute atomic E-state index is 0.237. The number of halogens is 4. The van der Waals surface area contributed by atoms with Gasteiger partial charge in [-0.25, -0.2) is 9.82 Å². The van der Waals surface area contributed by atoms with E-state index in [1.54, 1.807) is 0 Å². The third-order valence-electron chi connectivity index (χ3n) is 2.47. The van der Waals surface area contributed by atoms with E-state index in [0.29, 0.717) is 11.8 Å². The largest absolute Gasteiger partial charge is 0.419 e. The summed E-state index contributed by atoms with van der Waals surface area (Å²) in [6, 6.07) is 1.90. The van der Waals surface area contributed by atoms with E-state index in [0.717, 1.165) is 23.9 Å². The second-order valence-corrected chi connectivity index (χ2v) is 4.23. The second kappa shape index (κ2) is 5.19. The highest BCUT2D eigenvalue weighted by Gasteiger charge is 2.34. The summed E-state index contributed by atoms with van der Waals surface area (Å²) in [5, 5.41) is 0. The van der Waals surface area contributed by atoms with E-state index in [4.69, 9.17) is 5.84 Å². The summed E-state index contributed by atoms with van der Waals surface area (Å²) in [6.45, 7) is 0. The lowest BCUT2D eigenvalue weighted by Crippen LogP contribution is -2.29. The number of benzene rings is 1. The minimum Gasteiger partial charge on any atom is -0.271 e. The molecule has 0 bridgehead atoms. The van der Waals surface area contributed by atoms with Crippen molar-refractivity contribution in [3.63, 3.8) is 0 Å². The molecule has 0 fully saturated rings. The van der Waals surface area contributed by atoms with Crippen LogP contribution in [0.2, 0.25) is 0 Å². The summed E-state index contributed by atoms with van der Waals surface area (Å²) >= 11 is 0.920. The third kappa shape index (κ3) is 2.88. The molecule has 0 aliphatic heterocycles. The number of hydrazine groups is 1. The Kier molecular flexibility index (Phi) is 3.78. The molecule has 1 unspecified atom stereocenters. The Morgan fingerprint density at radius 1 is 1.32 bits per heavy atom. The zero-order chi connectivity index (χ0) is 14.0. The van der Waals surface area contributed by atoms with Crippen LogP contribution in [0.15, 0.2) is 24.4 Å². The maximum absolute atomic E-state index is 13.5. The fourth-order valence-corrected chi connectivity index (χ4v) is 2.04. The summed E-state index contributed by atoms with van der Waals surface area (Å²) in [5.74, 6) is 3.96. The molecule has 0 aliphatic carbocycles. The molecular weight excluding hydrogens is 284 g/mol. The van der Waals surface area contributed by atoms with Crippen molar-refractivity contribution in [2.24, 2.45) is 5.84 Å². The topological polar surface area (TPSA) is 63.8 Å². The third-order valence-corrected chi connectivity index (χ3v) is 2.96. The average molecular weight is 292 g/mol. The van der Waals surface area contributed by atoms with E-state index in [1.807, 2.05) is 0 Å². The Labute approximate surface area is 109 Å². The summed E-state index contributed by atoms with van der Waals surface area (Å²) in [7, 11) is 0. The molecule has 1 heterocycles. The van der Waals surface area contributed by atoms with Crippen LogP contribution in [0, 0.1) is 5.82 Å². The van der Waals surface area contributed by atoms with Crippen LogP contribution in [0.3, 0.4) is 0 Å². The number of aromatic nitrogens is 2. The molecule has 0 saturated heterocycles. The van der Waals surface area contributed by atoms with Crippen LogP contribution in [0.25, 0.3) is 0 Å². The van der Waals surface area contributed by atoms with Crippen molar-refractivity contribution in [2.75, 3.05) is 0 Å². The molecule has 0 radical (unpaired) electrons. The first-order valence-electron chi connectivity index (χ1n) is 5.03. The van der Waals surface area contributed by atoms with Gasteiger partial charge in [0.1, 0.15) is 5.82 Å². The van der Waals surface area contributed by atoms with Gasteiger partial charge in [-0.3, -0.25) is 5.84 Å². The number of alkyl halides is 3. The van der Waals surface area contributed by atoms with Crippen LogP contribution in [-0.4, -0.2) is 8.75 Å². The van der Waals surface area contributed by atoms with Gasteiger partial charge in [0, 0.05) is 0 Å². The Hall–Kier alpha value is -1.58. The van der Waals surface area contributed by atoms with Crippen molar-refractivity contribution in [3.8, 4) is 0 Å². The van der Waals surface area contributed by atoms with E-state index in [1.165, 1.54) is 6.20 Å². The lowest BCUT2D eigenvalue weighted by Gasteiger charge is -2.15. The quantitative estimate of drug-likeness (QED) is 0.517. The molecule has 3 N–H and O–H groups in total. The molecule has 4 nitrogen and oxygen atoms in total. The van der Waals surface area contributed by atoms with E-state index in [-0.39, 0.29) is 5.56 Å². The predicted octanol–water partition coefficient (Wildman–Crippen LogP) is 2.25. The smallest absolute Gasteiger partial charge is 0.271 e. The normalized spacial score (nSPS) is 13.5. The number of hydrogen-bond donors (Lipinski definition) is 2. The van der Waals surface area contributed by atoms with E-state index < -0.39 is 23.6 Å². The van der Waals surface area contributed by atoms with E-state index in [9.17, 15) is 17.6 Å². The van der Waals surface area contributed by atoms with Gasteiger partial charge in [-0.1, -0.05) is 6.07 Å². The fourth-order valence-electron chi connectivity index (χ4n) is 1.59. The van der Waals surface area contributed by atoms with Crippen LogP contribution in [0.5, 0.6) is 0 Å². The zero-order valence-electron chi connectivity index (χ0n) is 9.28. The summed E-state index contributed by atoms with van der Waals surface area (Å²) in [5.41, 5.74) is 1.69. The molecule has 1 atom stereocenters. The molecule has 0 spiro atoms. The van der Waals surface area contributed by atoms with E-state index >= 15 is 0 Å². The Morgan fingerprint density at radius 3 is 2.53 bits per heavy atom. The molecular formula is C10H8F4N4S. The fraction of sp³-hybridized carbons (Fsp3) is 0.200. The molecule has 2 rings (SSSR count). The monoisotopic (exact) mass is 292 g/mol. The van der Waals surface area contributed by atoms with Gasteiger partial charge in [-0.05, 0) is 17.7 Å². The van der Waals surface area contributed by atoms with Crippen LogP contribution in [0.1, 0.15) is 22.9 Å². The van der Waals surface area contributed by atoms with Crippen LogP contribution in [0.4, 0.5) is 17.6 Å². The van der Waals surface area contributed by atoms with Crippen LogP contribution in [-0.2, 0) is 6.18 Å². The first-order valence-corrected chi connectivity index (χ1v) is 5.76. The molecule has 9 heteroatoms. The Morgan fingerprint density at radius 2 is 2.05 bits per heavy atom. The van der Waals surface area contributed by atoms with Crippen LogP contribution < -0.4 is 11.3 Å². The first kappa shape index (κ1) is 13.8. The number of nitrogens with zero attached hydrogens (tertiary/aromatic N) is 2. The molecule has 102 valence electrons. The van der Waals surface area contributed by atoms with Gasteiger partial charge in [0.15, 0.2) is 0 Å². The van der Waals surface area contributed by atoms with Crippen LogP contribution >= 0.6 is 11.7 Å². The predicted molar refractivity (Wildman–Crippen MR) is 60.5 cm³/mol. The van der Waals surface area contributed by atoms with Gasteiger partial charge >= 0.3 is 6.18 Å². The minimum atomic E-state index is -4.73. The van der Waals surface area contributed by atoms with Gasteiger partial charge in [-0.2, -0.15) is 21.9 Å². The second-order valence-electron chi connectivity index (χ2n) is 3.67. The number of nitrogens with two attached hydrogens (primary N) is 1. The molecule has 0 saturated carbocycles. The van der Waals surface area contributed by atoms with Gasteiger partial charge in [0.05, 0.1) is 35.2 Å². The van der Waals surface area contributed by atoms with Crippen molar-refractivity contribution < 1.29 is 17.6 Å². The lowest BCUT2D eigenvalue weighted by molar-refractivity contribution is -0.140. The molecule has 0 amide bonds. The van der Waals surface area contributed by atoms with E-state index in [2.05, 4.69) is 14.2 Å². The van der Waals surface area contributed by atoms with Crippen molar-refractivity contribution in [1.29, 1.82) is 0 Å². The number of nitrogens with one attached hydrogen (secondary N) is 1. The molecule has 1 aromatic carbocycles. The summed E-state index contributed by atoms with van der Waals surface area (Å²) < 4.78 is 58.4.